The van der Waals surface area contributed by atoms with Crippen LogP contribution >= 0.6 is 15.9 Å². The summed E-state index contributed by atoms with van der Waals surface area (Å²) in [4.78, 5) is 24.2. The first-order valence-electron chi connectivity index (χ1n) is 10.2. The minimum Gasteiger partial charge on any atom is -0.493 e. The molecule has 0 radical (unpaired) electrons. The molecule has 10 heteroatoms. The highest BCUT2D eigenvalue weighted by atomic mass is 79.9. The summed E-state index contributed by atoms with van der Waals surface area (Å²) >= 11 is 3.59. The van der Waals surface area contributed by atoms with Gasteiger partial charge in [-0.15, -0.1) is 0 Å². The number of nitrogens with zero attached hydrogens (tertiary/aromatic N) is 5. The molecular formula is C22H18BrN7O2. The number of fused-ring (bicyclic) bond motifs is 3. The summed E-state index contributed by atoms with van der Waals surface area (Å²) in [5, 5.41) is 15.4. The van der Waals surface area contributed by atoms with Gasteiger partial charge >= 0.3 is 5.69 Å². The molecule has 1 aliphatic rings. The Balaban J connectivity index is 1.49. The van der Waals surface area contributed by atoms with Crippen molar-refractivity contribution in [2.45, 2.75) is 25.3 Å². The van der Waals surface area contributed by atoms with E-state index in [1.165, 1.54) is 0 Å². The molecule has 1 aliphatic heterocycles. The maximum absolute atomic E-state index is 12.2. The van der Waals surface area contributed by atoms with Crippen LogP contribution in [0.1, 0.15) is 23.7 Å². The van der Waals surface area contributed by atoms with Crippen LogP contribution in [-0.4, -0.2) is 34.2 Å². The highest BCUT2D eigenvalue weighted by Gasteiger charge is 2.29. The molecular weight excluding hydrogens is 474 g/mol. The monoisotopic (exact) mass is 491 g/mol. The van der Waals surface area contributed by atoms with E-state index in [1.807, 2.05) is 30.5 Å². The zero-order valence-corrected chi connectivity index (χ0v) is 18.4. The van der Waals surface area contributed by atoms with Gasteiger partial charge in [-0.1, -0.05) is 18.2 Å². The number of anilines is 1. The molecule has 0 fully saturated rings. The molecule has 0 bridgehead atoms. The summed E-state index contributed by atoms with van der Waals surface area (Å²) < 4.78 is 3.85. The number of aromatic nitrogens is 6. The third-order valence-electron chi connectivity index (χ3n) is 6.14. The fourth-order valence-electron chi connectivity index (χ4n) is 4.49. The largest absolute Gasteiger partial charge is 0.493 e. The number of hydrogen-bond acceptors (Lipinski definition) is 6. The minimum atomic E-state index is -0.320. The average molecular weight is 492 g/mol. The van der Waals surface area contributed by atoms with Crippen LogP contribution in [0.4, 0.5) is 5.82 Å². The topological polar surface area (TPSA) is 127 Å². The number of nitrogens with two attached hydrogens (primary N) is 1. The summed E-state index contributed by atoms with van der Waals surface area (Å²) in [6, 6.07) is 9.99. The molecule has 0 saturated carbocycles. The fourth-order valence-corrected chi connectivity index (χ4v) is 5.07. The number of benzene rings is 1. The van der Waals surface area contributed by atoms with Gasteiger partial charge in [-0.3, -0.25) is 14.5 Å². The number of rotatable bonds is 2. The van der Waals surface area contributed by atoms with E-state index < -0.39 is 0 Å². The molecule has 5 heterocycles. The lowest BCUT2D eigenvalue weighted by Gasteiger charge is -2.24. The van der Waals surface area contributed by atoms with Crippen molar-refractivity contribution < 1.29 is 5.11 Å². The van der Waals surface area contributed by atoms with Crippen molar-refractivity contribution in [3.8, 4) is 17.0 Å². The van der Waals surface area contributed by atoms with E-state index in [-0.39, 0.29) is 17.5 Å². The molecule has 160 valence electrons. The van der Waals surface area contributed by atoms with Gasteiger partial charge in [0.1, 0.15) is 5.82 Å². The maximum atomic E-state index is 12.2. The highest BCUT2D eigenvalue weighted by molar-refractivity contribution is 9.10. The van der Waals surface area contributed by atoms with Crippen molar-refractivity contribution in [2.75, 3.05) is 5.73 Å². The van der Waals surface area contributed by atoms with Gasteiger partial charge in [0.2, 0.25) is 5.88 Å². The van der Waals surface area contributed by atoms with E-state index in [1.54, 1.807) is 15.3 Å². The molecule has 5 aromatic rings. The zero-order chi connectivity index (χ0) is 22.0. The molecule has 4 aromatic heterocycles. The van der Waals surface area contributed by atoms with E-state index in [0.717, 1.165) is 34.1 Å². The second-order valence-corrected chi connectivity index (χ2v) is 8.77. The van der Waals surface area contributed by atoms with Gasteiger partial charge in [-0.2, -0.15) is 9.61 Å². The summed E-state index contributed by atoms with van der Waals surface area (Å²) in [5.74, 6) is 0.340. The predicted molar refractivity (Wildman–Crippen MR) is 124 cm³/mol. The van der Waals surface area contributed by atoms with Gasteiger partial charge in [0.05, 0.1) is 27.6 Å². The number of nitrogen functional groups attached to an aromatic ring is 1. The van der Waals surface area contributed by atoms with E-state index in [9.17, 15) is 9.90 Å². The molecule has 0 spiro atoms. The minimum absolute atomic E-state index is 0.0467. The second kappa shape index (κ2) is 6.92. The summed E-state index contributed by atoms with van der Waals surface area (Å²) in [6.07, 6.45) is 4.85. The van der Waals surface area contributed by atoms with Gasteiger partial charge in [0.15, 0.2) is 5.65 Å². The van der Waals surface area contributed by atoms with Crippen molar-refractivity contribution in [1.29, 1.82) is 0 Å². The normalized spacial score (nSPS) is 16.0. The van der Waals surface area contributed by atoms with Crippen molar-refractivity contribution in [1.82, 2.24) is 29.1 Å². The lowest BCUT2D eigenvalue weighted by atomic mass is 9.94. The van der Waals surface area contributed by atoms with Crippen LogP contribution in [-0.2, 0) is 13.0 Å². The SMILES string of the molecule is Nc1c(Br)c([C@H]2CCc3c(O)[nH]c(=O)n3C2)nc2c(-c3cnc4ccccc4c3)cnn12. The van der Waals surface area contributed by atoms with Crippen LogP contribution in [0.15, 0.2) is 52.0 Å². The summed E-state index contributed by atoms with van der Waals surface area (Å²) in [6.45, 7) is 0.410. The Labute approximate surface area is 189 Å². The molecule has 1 aromatic carbocycles. The van der Waals surface area contributed by atoms with Gasteiger partial charge < -0.3 is 10.8 Å². The predicted octanol–water partition coefficient (Wildman–Crippen LogP) is 3.21. The van der Waals surface area contributed by atoms with Gasteiger partial charge in [0, 0.05) is 35.2 Å². The van der Waals surface area contributed by atoms with Crippen LogP contribution in [0.2, 0.25) is 0 Å². The molecule has 9 nitrogen and oxygen atoms in total. The van der Waals surface area contributed by atoms with Crippen LogP contribution in [0, 0.1) is 0 Å². The summed E-state index contributed by atoms with van der Waals surface area (Å²) in [5.41, 5.74) is 10.8. The van der Waals surface area contributed by atoms with Crippen molar-refractivity contribution in [2.24, 2.45) is 0 Å². The molecule has 6 rings (SSSR count). The Bertz CT molecular complexity index is 1580. The standard InChI is InChI=1S/C22H18BrN7O2/c23-17-18(12-5-6-16-21(31)28-22(32)29(16)10-12)27-20-14(9-26-30(20)19(17)24)13-7-11-3-1-2-4-15(11)25-8-13/h1-4,7-9,12,31H,5-6,10,24H2,(H,28,32)/t12-/m0/s1. The van der Waals surface area contributed by atoms with Crippen molar-refractivity contribution in [3.63, 3.8) is 0 Å². The average Bonchev–Trinajstić information content (AvgIpc) is 3.36. The Kier molecular flexibility index (Phi) is 4.12. The first kappa shape index (κ1) is 19.1. The number of H-pyrrole nitrogens is 1. The fraction of sp³-hybridized carbons (Fsp3) is 0.182. The third-order valence-corrected chi connectivity index (χ3v) is 6.95. The van der Waals surface area contributed by atoms with Crippen LogP contribution in [0.3, 0.4) is 0 Å². The smallest absolute Gasteiger partial charge is 0.328 e. The first-order valence-corrected chi connectivity index (χ1v) is 11.0. The van der Waals surface area contributed by atoms with E-state index in [0.29, 0.717) is 34.6 Å². The maximum Gasteiger partial charge on any atom is 0.328 e. The second-order valence-electron chi connectivity index (χ2n) is 7.98. The zero-order valence-electron chi connectivity index (χ0n) is 16.8. The number of para-hydroxylation sites is 1. The number of hydrogen-bond donors (Lipinski definition) is 3. The van der Waals surface area contributed by atoms with Crippen LogP contribution < -0.4 is 11.4 Å². The van der Waals surface area contributed by atoms with Crippen LogP contribution in [0.5, 0.6) is 5.88 Å². The quantitative estimate of drug-likeness (QED) is 0.347. The number of aromatic amines is 1. The molecule has 4 N–H and O–H groups in total. The molecule has 0 amide bonds. The Hall–Kier alpha value is -3.66. The van der Waals surface area contributed by atoms with Crippen molar-refractivity contribution >= 4 is 38.3 Å². The third kappa shape index (κ3) is 2.76. The van der Waals surface area contributed by atoms with E-state index >= 15 is 0 Å². The molecule has 1 atom stereocenters. The van der Waals surface area contributed by atoms with Gasteiger partial charge in [-0.25, -0.2) is 9.78 Å². The van der Waals surface area contributed by atoms with Crippen LogP contribution in [0.25, 0.3) is 27.7 Å². The van der Waals surface area contributed by atoms with Gasteiger partial charge in [0.25, 0.3) is 0 Å². The van der Waals surface area contributed by atoms with E-state index in [2.05, 4.69) is 37.1 Å². The van der Waals surface area contributed by atoms with E-state index in [4.69, 9.17) is 10.7 Å². The number of aromatic hydroxyl groups is 1. The number of nitrogens with one attached hydrogen (secondary N) is 1. The van der Waals surface area contributed by atoms with Gasteiger partial charge in [-0.05, 0) is 40.9 Å². The Morgan fingerprint density at radius 2 is 2.09 bits per heavy atom. The lowest BCUT2D eigenvalue weighted by molar-refractivity contribution is 0.414. The summed E-state index contributed by atoms with van der Waals surface area (Å²) in [7, 11) is 0. The first-order chi connectivity index (χ1) is 15.5. The number of imidazole rings is 1. The molecule has 32 heavy (non-hydrogen) atoms. The molecule has 0 aliphatic carbocycles. The number of pyridine rings is 1. The highest BCUT2D eigenvalue weighted by Crippen LogP contribution is 2.37. The lowest BCUT2D eigenvalue weighted by Crippen LogP contribution is -2.27. The number of halogens is 1. The molecule has 0 unspecified atom stereocenters. The molecule has 0 saturated heterocycles. The Morgan fingerprint density at radius 3 is 2.97 bits per heavy atom. The Morgan fingerprint density at radius 1 is 1.25 bits per heavy atom. The van der Waals surface area contributed by atoms with Crippen molar-refractivity contribution in [3.05, 3.63) is 69.1 Å².